The van der Waals surface area contributed by atoms with Crippen molar-refractivity contribution < 1.29 is 13.3 Å². The molecule has 0 aliphatic rings. The molecule has 0 unspecified atom stereocenters. The summed E-state index contributed by atoms with van der Waals surface area (Å²) in [5.41, 5.74) is -0.167. The van der Waals surface area contributed by atoms with Gasteiger partial charge in [-0.2, -0.15) is 0 Å². The van der Waals surface area contributed by atoms with Gasteiger partial charge in [-0.3, -0.25) is 10.1 Å². The molecular formula is C11H13N5O4S. The third kappa shape index (κ3) is 3.41. The molecular weight excluding hydrogens is 298 g/mol. The predicted molar refractivity (Wildman–Crippen MR) is 72.8 cm³/mol. The number of sulfonamides is 1. The van der Waals surface area contributed by atoms with E-state index in [2.05, 4.69) is 14.9 Å². The van der Waals surface area contributed by atoms with Gasteiger partial charge in [0.05, 0.1) is 16.4 Å². The molecule has 1 heterocycles. The van der Waals surface area contributed by atoms with E-state index in [1.54, 1.807) is 4.57 Å². The number of benzene rings is 1. The fourth-order valence-electron chi connectivity index (χ4n) is 1.67. The van der Waals surface area contributed by atoms with Crippen molar-refractivity contribution in [2.45, 2.75) is 24.9 Å². The lowest BCUT2D eigenvalue weighted by Crippen LogP contribution is -2.25. The van der Waals surface area contributed by atoms with Gasteiger partial charge in [-0.1, -0.05) is 0 Å². The Morgan fingerprint density at radius 3 is 2.57 bits per heavy atom. The summed E-state index contributed by atoms with van der Waals surface area (Å²) in [4.78, 5) is 9.90. The Labute approximate surface area is 120 Å². The van der Waals surface area contributed by atoms with Gasteiger partial charge >= 0.3 is 0 Å². The highest BCUT2D eigenvalue weighted by molar-refractivity contribution is 7.89. The largest absolute Gasteiger partial charge is 0.317 e. The molecule has 1 N–H and O–H groups in total. The summed E-state index contributed by atoms with van der Waals surface area (Å²) in [6.45, 7) is 2.51. The molecule has 9 nitrogen and oxygen atoms in total. The zero-order chi connectivity index (χ0) is 15.5. The van der Waals surface area contributed by atoms with E-state index in [4.69, 9.17) is 0 Å². The third-order valence-electron chi connectivity index (χ3n) is 2.81. The van der Waals surface area contributed by atoms with Gasteiger partial charge in [-0.25, -0.2) is 13.1 Å². The molecule has 0 aliphatic heterocycles. The van der Waals surface area contributed by atoms with Crippen molar-refractivity contribution in [3.63, 3.8) is 0 Å². The highest BCUT2D eigenvalue weighted by Gasteiger charge is 2.16. The van der Waals surface area contributed by atoms with Crippen molar-refractivity contribution in [3.8, 4) is 0 Å². The standard InChI is InChI=1S/C11H13N5O4S/c1-2-15-8-12-14-11(15)7-13-21(19,20)10-5-3-9(4-6-10)16(17)18/h3-6,8,13H,2,7H2,1H3. The minimum atomic E-state index is -3.76. The molecule has 2 rings (SSSR count). The fraction of sp³-hybridized carbons (Fsp3) is 0.273. The van der Waals surface area contributed by atoms with Gasteiger partial charge in [0, 0.05) is 18.7 Å². The second kappa shape index (κ2) is 5.97. The number of aryl methyl sites for hydroxylation is 1. The first kappa shape index (κ1) is 15.1. The van der Waals surface area contributed by atoms with Gasteiger partial charge in [0.25, 0.3) is 5.69 Å². The Balaban J connectivity index is 2.13. The van der Waals surface area contributed by atoms with Crippen molar-refractivity contribution in [1.82, 2.24) is 19.5 Å². The van der Waals surface area contributed by atoms with E-state index in [1.165, 1.54) is 18.5 Å². The number of hydrogen-bond donors (Lipinski definition) is 1. The number of nitrogens with one attached hydrogen (secondary N) is 1. The first-order chi connectivity index (χ1) is 9.94. The maximum atomic E-state index is 12.1. The Hall–Kier alpha value is -2.33. The van der Waals surface area contributed by atoms with Gasteiger partial charge in [0.15, 0.2) is 0 Å². The van der Waals surface area contributed by atoms with Crippen molar-refractivity contribution in [3.05, 3.63) is 46.5 Å². The van der Waals surface area contributed by atoms with Crippen LogP contribution < -0.4 is 4.72 Å². The Morgan fingerprint density at radius 2 is 2.00 bits per heavy atom. The first-order valence-electron chi connectivity index (χ1n) is 6.05. The monoisotopic (exact) mass is 311 g/mol. The lowest BCUT2D eigenvalue weighted by molar-refractivity contribution is -0.384. The number of nitro groups is 1. The number of rotatable bonds is 6. The van der Waals surface area contributed by atoms with Crippen LogP contribution in [-0.4, -0.2) is 28.1 Å². The molecule has 0 radical (unpaired) electrons. The molecule has 10 heteroatoms. The number of nitrogens with zero attached hydrogens (tertiary/aromatic N) is 4. The minimum Gasteiger partial charge on any atom is -0.317 e. The highest BCUT2D eigenvalue weighted by atomic mass is 32.2. The van der Waals surface area contributed by atoms with Crippen LogP contribution in [0.3, 0.4) is 0 Å². The maximum Gasteiger partial charge on any atom is 0.269 e. The van der Waals surface area contributed by atoms with Gasteiger partial charge in [0.2, 0.25) is 10.0 Å². The lowest BCUT2D eigenvalue weighted by atomic mass is 10.3. The van der Waals surface area contributed by atoms with Crippen molar-refractivity contribution in [1.29, 1.82) is 0 Å². The molecule has 0 atom stereocenters. The fourth-order valence-corrected chi connectivity index (χ4v) is 2.65. The van der Waals surface area contributed by atoms with Crippen LogP contribution in [-0.2, 0) is 23.1 Å². The van der Waals surface area contributed by atoms with Crippen LogP contribution in [0.15, 0.2) is 35.5 Å². The molecule has 2 aromatic rings. The van der Waals surface area contributed by atoms with Gasteiger partial charge < -0.3 is 4.57 Å². The molecule has 21 heavy (non-hydrogen) atoms. The second-order valence-electron chi connectivity index (χ2n) is 4.11. The molecule has 0 saturated heterocycles. The number of nitro benzene ring substituents is 1. The van der Waals surface area contributed by atoms with E-state index in [1.807, 2.05) is 6.92 Å². The van der Waals surface area contributed by atoms with Crippen LogP contribution in [0, 0.1) is 10.1 Å². The van der Waals surface area contributed by atoms with Gasteiger partial charge in [-0.15, -0.1) is 10.2 Å². The summed E-state index contributed by atoms with van der Waals surface area (Å²) >= 11 is 0. The van der Waals surface area contributed by atoms with Crippen LogP contribution in [0.25, 0.3) is 0 Å². The van der Waals surface area contributed by atoms with Crippen molar-refractivity contribution in [2.75, 3.05) is 0 Å². The molecule has 112 valence electrons. The van der Waals surface area contributed by atoms with Crippen LogP contribution in [0.5, 0.6) is 0 Å². The molecule has 0 saturated carbocycles. The van der Waals surface area contributed by atoms with Crippen molar-refractivity contribution >= 4 is 15.7 Å². The average molecular weight is 311 g/mol. The average Bonchev–Trinajstić information content (AvgIpc) is 2.93. The number of non-ortho nitro benzene ring substituents is 1. The van der Waals surface area contributed by atoms with E-state index in [0.29, 0.717) is 12.4 Å². The van der Waals surface area contributed by atoms with Crippen LogP contribution in [0.4, 0.5) is 5.69 Å². The van der Waals surface area contributed by atoms with E-state index in [9.17, 15) is 18.5 Å². The summed E-state index contributed by atoms with van der Waals surface area (Å²) in [6, 6.07) is 4.66. The molecule has 0 fully saturated rings. The minimum absolute atomic E-state index is 0.00678. The van der Waals surface area contributed by atoms with E-state index < -0.39 is 14.9 Å². The zero-order valence-corrected chi connectivity index (χ0v) is 11.9. The molecule has 0 amide bonds. The molecule has 1 aromatic carbocycles. The molecule has 1 aromatic heterocycles. The Bertz CT molecular complexity index is 738. The summed E-state index contributed by atoms with van der Waals surface area (Å²) in [5.74, 6) is 0.489. The van der Waals surface area contributed by atoms with Crippen LogP contribution >= 0.6 is 0 Å². The lowest BCUT2D eigenvalue weighted by Gasteiger charge is -2.07. The normalized spacial score (nSPS) is 11.5. The first-order valence-corrected chi connectivity index (χ1v) is 7.53. The van der Waals surface area contributed by atoms with Crippen LogP contribution in [0.2, 0.25) is 0 Å². The smallest absolute Gasteiger partial charge is 0.269 e. The number of hydrogen-bond acceptors (Lipinski definition) is 6. The Kier molecular flexibility index (Phi) is 4.29. The number of aromatic nitrogens is 3. The van der Waals surface area contributed by atoms with E-state index in [-0.39, 0.29) is 17.1 Å². The quantitative estimate of drug-likeness (QED) is 0.619. The molecule has 0 aliphatic carbocycles. The highest BCUT2D eigenvalue weighted by Crippen LogP contribution is 2.15. The van der Waals surface area contributed by atoms with Crippen LogP contribution in [0.1, 0.15) is 12.7 Å². The predicted octanol–water partition coefficient (Wildman–Crippen LogP) is 0.685. The topological polar surface area (TPSA) is 120 Å². The SMILES string of the molecule is CCn1cnnc1CNS(=O)(=O)c1ccc([N+](=O)[O-])cc1. The van der Waals surface area contributed by atoms with Crippen molar-refractivity contribution in [2.24, 2.45) is 0 Å². The summed E-state index contributed by atoms with van der Waals surface area (Å²) in [5, 5.41) is 18.1. The summed E-state index contributed by atoms with van der Waals surface area (Å²) in [6.07, 6.45) is 1.51. The molecule has 0 bridgehead atoms. The van der Waals surface area contributed by atoms with E-state index >= 15 is 0 Å². The third-order valence-corrected chi connectivity index (χ3v) is 4.23. The second-order valence-corrected chi connectivity index (χ2v) is 5.88. The van der Waals surface area contributed by atoms with Gasteiger partial charge in [-0.05, 0) is 19.1 Å². The maximum absolute atomic E-state index is 12.1. The van der Waals surface area contributed by atoms with Gasteiger partial charge in [0.1, 0.15) is 12.2 Å². The van der Waals surface area contributed by atoms with E-state index in [0.717, 1.165) is 12.1 Å². The molecule has 0 spiro atoms. The zero-order valence-electron chi connectivity index (χ0n) is 11.1. The summed E-state index contributed by atoms with van der Waals surface area (Å²) < 4.78 is 28.2. The Morgan fingerprint density at radius 1 is 1.33 bits per heavy atom. The summed E-state index contributed by atoms with van der Waals surface area (Å²) in [7, 11) is -3.76.